The molecule has 0 radical (unpaired) electrons. The van der Waals surface area contributed by atoms with Crippen molar-refractivity contribution in [3.8, 4) is 0 Å². The Morgan fingerprint density at radius 3 is 2.67 bits per heavy atom. The van der Waals surface area contributed by atoms with E-state index in [0.717, 1.165) is 12.1 Å². The first-order valence-corrected chi connectivity index (χ1v) is 6.76. The molecule has 2 atom stereocenters. The SMILES string of the molecule is CCCCC(CCC)N1CCNCC1C. The maximum atomic E-state index is 3.48. The molecule has 2 unspecified atom stereocenters. The van der Waals surface area contributed by atoms with Gasteiger partial charge in [-0.2, -0.15) is 0 Å². The van der Waals surface area contributed by atoms with Crippen molar-refractivity contribution in [2.75, 3.05) is 19.6 Å². The molecule has 2 nitrogen and oxygen atoms in total. The zero-order chi connectivity index (χ0) is 11.1. The molecule has 0 aromatic carbocycles. The monoisotopic (exact) mass is 212 g/mol. The van der Waals surface area contributed by atoms with Gasteiger partial charge in [-0.05, 0) is 19.8 Å². The van der Waals surface area contributed by atoms with Gasteiger partial charge in [-0.25, -0.2) is 0 Å². The molecule has 0 aromatic heterocycles. The van der Waals surface area contributed by atoms with E-state index in [1.807, 2.05) is 0 Å². The summed E-state index contributed by atoms with van der Waals surface area (Å²) in [4.78, 5) is 2.73. The van der Waals surface area contributed by atoms with Gasteiger partial charge in [-0.1, -0.05) is 33.1 Å². The van der Waals surface area contributed by atoms with E-state index < -0.39 is 0 Å². The van der Waals surface area contributed by atoms with E-state index >= 15 is 0 Å². The number of hydrogen-bond acceptors (Lipinski definition) is 2. The van der Waals surface area contributed by atoms with E-state index in [2.05, 4.69) is 31.0 Å². The lowest BCUT2D eigenvalue weighted by molar-refractivity contribution is 0.102. The van der Waals surface area contributed by atoms with Gasteiger partial charge in [-0.3, -0.25) is 4.90 Å². The van der Waals surface area contributed by atoms with E-state index in [9.17, 15) is 0 Å². The fraction of sp³-hybridized carbons (Fsp3) is 1.00. The molecular formula is C13H28N2. The normalized spacial score (nSPS) is 25.4. The Labute approximate surface area is 95.4 Å². The Morgan fingerprint density at radius 2 is 2.07 bits per heavy atom. The molecule has 0 aliphatic carbocycles. The lowest BCUT2D eigenvalue weighted by atomic mass is 10.0. The predicted molar refractivity (Wildman–Crippen MR) is 67.3 cm³/mol. The van der Waals surface area contributed by atoms with Crippen LogP contribution in [0, 0.1) is 0 Å². The third-order valence-electron chi connectivity index (χ3n) is 3.53. The third kappa shape index (κ3) is 4.12. The van der Waals surface area contributed by atoms with Gasteiger partial charge in [-0.15, -0.1) is 0 Å². The first-order chi connectivity index (χ1) is 7.29. The number of hydrogen-bond donors (Lipinski definition) is 1. The summed E-state index contributed by atoms with van der Waals surface area (Å²) in [6.45, 7) is 10.6. The highest BCUT2D eigenvalue weighted by Gasteiger charge is 2.24. The molecule has 1 aliphatic heterocycles. The zero-order valence-corrected chi connectivity index (χ0v) is 10.8. The summed E-state index contributed by atoms with van der Waals surface area (Å²) in [5.74, 6) is 0. The summed E-state index contributed by atoms with van der Waals surface area (Å²) < 4.78 is 0. The fourth-order valence-electron chi connectivity index (χ4n) is 2.65. The van der Waals surface area contributed by atoms with Crippen molar-refractivity contribution >= 4 is 0 Å². The van der Waals surface area contributed by atoms with Crippen molar-refractivity contribution in [3.05, 3.63) is 0 Å². The van der Waals surface area contributed by atoms with Crippen LogP contribution in [-0.2, 0) is 0 Å². The summed E-state index contributed by atoms with van der Waals surface area (Å²) in [6.07, 6.45) is 6.83. The van der Waals surface area contributed by atoms with Gasteiger partial charge in [0.05, 0.1) is 0 Å². The average Bonchev–Trinajstić information content (AvgIpc) is 2.25. The molecule has 15 heavy (non-hydrogen) atoms. The molecule has 90 valence electrons. The molecule has 0 spiro atoms. The van der Waals surface area contributed by atoms with Crippen LogP contribution in [0.15, 0.2) is 0 Å². The summed E-state index contributed by atoms with van der Waals surface area (Å²) in [7, 11) is 0. The molecular weight excluding hydrogens is 184 g/mol. The number of nitrogens with zero attached hydrogens (tertiary/aromatic N) is 1. The second-order valence-corrected chi connectivity index (χ2v) is 4.88. The van der Waals surface area contributed by atoms with Gasteiger partial charge in [0, 0.05) is 31.7 Å². The number of piperazine rings is 1. The van der Waals surface area contributed by atoms with Gasteiger partial charge in [0.2, 0.25) is 0 Å². The Balaban J connectivity index is 2.44. The Kier molecular flexibility index (Phi) is 6.26. The minimum Gasteiger partial charge on any atom is -0.314 e. The van der Waals surface area contributed by atoms with Crippen molar-refractivity contribution in [1.82, 2.24) is 10.2 Å². The molecule has 0 bridgehead atoms. The van der Waals surface area contributed by atoms with E-state index in [1.54, 1.807) is 0 Å². The second-order valence-electron chi connectivity index (χ2n) is 4.88. The van der Waals surface area contributed by atoms with E-state index in [-0.39, 0.29) is 0 Å². The lowest BCUT2D eigenvalue weighted by Gasteiger charge is -2.40. The fourth-order valence-corrected chi connectivity index (χ4v) is 2.65. The van der Waals surface area contributed by atoms with Crippen LogP contribution in [0.25, 0.3) is 0 Å². The predicted octanol–water partition coefficient (Wildman–Crippen LogP) is 2.64. The standard InChI is InChI=1S/C13H28N2/c1-4-6-8-13(7-5-2)15-10-9-14-11-12(15)3/h12-14H,4-11H2,1-3H3. The maximum Gasteiger partial charge on any atom is 0.0195 e. The van der Waals surface area contributed by atoms with E-state index in [4.69, 9.17) is 0 Å². The lowest BCUT2D eigenvalue weighted by Crippen LogP contribution is -2.53. The molecule has 1 saturated heterocycles. The Hall–Kier alpha value is -0.0800. The van der Waals surface area contributed by atoms with Crippen molar-refractivity contribution < 1.29 is 0 Å². The first-order valence-electron chi connectivity index (χ1n) is 6.76. The van der Waals surface area contributed by atoms with Gasteiger partial charge in [0.15, 0.2) is 0 Å². The number of unbranched alkanes of at least 4 members (excludes halogenated alkanes) is 1. The van der Waals surface area contributed by atoms with Crippen LogP contribution in [0.5, 0.6) is 0 Å². The van der Waals surface area contributed by atoms with Gasteiger partial charge in [0.1, 0.15) is 0 Å². The molecule has 1 N–H and O–H groups in total. The van der Waals surface area contributed by atoms with Crippen LogP contribution in [-0.4, -0.2) is 36.6 Å². The van der Waals surface area contributed by atoms with Crippen LogP contribution in [0.3, 0.4) is 0 Å². The van der Waals surface area contributed by atoms with Crippen LogP contribution in [0.4, 0.5) is 0 Å². The summed E-state index contributed by atoms with van der Waals surface area (Å²) in [5.41, 5.74) is 0. The largest absolute Gasteiger partial charge is 0.314 e. The highest BCUT2D eigenvalue weighted by atomic mass is 15.2. The Morgan fingerprint density at radius 1 is 1.27 bits per heavy atom. The quantitative estimate of drug-likeness (QED) is 0.728. The van der Waals surface area contributed by atoms with E-state index in [1.165, 1.54) is 51.7 Å². The highest BCUT2D eigenvalue weighted by Crippen LogP contribution is 2.18. The van der Waals surface area contributed by atoms with Gasteiger partial charge >= 0.3 is 0 Å². The molecule has 0 aromatic rings. The minimum atomic E-state index is 0.729. The molecule has 0 amide bonds. The van der Waals surface area contributed by atoms with Crippen molar-refractivity contribution in [1.29, 1.82) is 0 Å². The van der Waals surface area contributed by atoms with Crippen molar-refractivity contribution in [3.63, 3.8) is 0 Å². The summed E-state index contributed by atoms with van der Waals surface area (Å²) in [6, 6.07) is 1.57. The Bertz CT molecular complexity index is 159. The molecule has 1 fully saturated rings. The molecule has 0 saturated carbocycles. The van der Waals surface area contributed by atoms with Crippen molar-refractivity contribution in [2.24, 2.45) is 0 Å². The smallest absolute Gasteiger partial charge is 0.0195 e. The van der Waals surface area contributed by atoms with Crippen LogP contribution < -0.4 is 5.32 Å². The van der Waals surface area contributed by atoms with Crippen LogP contribution in [0.1, 0.15) is 52.9 Å². The molecule has 1 heterocycles. The summed E-state index contributed by atoms with van der Waals surface area (Å²) >= 11 is 0. The number of rotatable bonds is 6. The molecule has 1 aliphatic rings. The maximum absolute atomic E-state index is 3.48. The van der Waals surface area contributed by atoms with Crippen LogP contribution in [0.2, 0.25) is 0 Å². The first kappa shape index (κ1) is 13.0. The van der Waals surface area contributed by atoms with Gasteiger partial charge in [0.25, 0.3) is 0 Å². The number of nitrogens with one attached hydrogen (secondary N) is 1. The summed E-state index contributed by atoms with van der Waals surface area (Å²) in [5, 5.41) is 3.48. The van der Waals surface area contributed by atoms with Crippen LogP contribution >= 0.6 is 0 Å². The van der Waals surface area contributed by atoms with Gasteiger partial charge < -0.3 is 5.32 Å². The van der Waals surface area contributed by atoms with E-state index in [0.29, 0.717) is 0 Å². The third-order valence-corrected chi connectivity index (χ3v) is 3.53. The van der Waals surface area contributed by atoms with Crippen molar-refractivity contribution in [2.45, 2.75) is 65.0 Å². The topological polar surface area (TPSA) is 15.3 Å². The zero-order valence-electron chi connectivity index (χ0n) is 10.8. The highest BCUT2D eigenvalue weighted by molar-refractivity contribution is 4.82. The molecule has 2 heteroatoms. The second kappa shape index (κ2) is 7.24. The minimum absolute atomic E-state index is 0.729. The average molecular weight is 212 g/mol. The molecule has 1 rings (SSSR count).